The van der Waals surface area contributed by atoms with E-state index < -0.39 is 22.4 Å². The molecular weight excluding hydrogens is 527 g/mol. The van der Waals surface area contributed by atoms with Gasteiger partial charge in [-0.3, -0.25) is 14.9 Å². The zero-order chi connectivity index (χ0) is 29.1. The summed E-state index contributed by atoms with van der Waals surface area (Å²) in [5, 5.41) is 14.1. The molecular formula is C28H36F3N5O4. The lowest BCUT2D eigenvalue weighted by Gasteiger charge is -2.37. The number of nitro benzene ring substituents is 1. The van der Waals surface area contributed by atoms with Crippen LogP contribution < -0.4 is 15.0 Å². The molecule has 9 nitrogen and oxygen atoms in total. The van der Waals surface area contributed by atoms with Gasteiger partial charge in [-0.2, -0.15) is 13.2 Å². The van der Waals surface area contributed by atoms with E-state index in [-0.39, 0.29) is 29.2 Å². The first-order valence-corrected chi connectivity index (χ1v) is 13.6. The molecule has 2 fully saturated rings. The van der Waals surface area contributed by atoms with Gasteiger partial charge in [0.05, 0.1) is 4.92 Å². The summed E-state index contributed by atoms with van der Waals surface area (Å²) in [6.07, 6.45) is 0.0806. The number of ether oxygens (including phenoxy) is 1. The van der Waals surface area contributed by atoms with Gasteiger partial charge in [-0.25, -0.2) is 4.98 Å². The largest absolute Gasteiger partial charge is 0.474 e. The Hall–Kier alpha value is -3.57. The molecule has 1 aromatic carbocycles. The molecule has 2 aromatic rings. The first-order chi connectivity index (χ1) is 18.8. The van der Waals surface area contributed by atoms with Crippen LogP contribution >= 0.6 is 0 Å². The Morgan fingerprint density at radius 2 is 1.75 bits per heavy atom. The molecule has 1 saturated heterocycles. The van der Waals surface area contributed by atoms with Gasteiger partial charge in [0.1, 0.15) is 11.7 Å². The summed E-state index contributed by atoms with van der Waals surface area (Å²) in [7, 11) is 0. The molecule has 12 heteroatoms. The summed E-state index contributed by atoms with van der Waals surface area (Å²) in [6.45, 7) is 9.00. The van der Waals surface area contributed by atoms with Gasteiger partial charge >= 0.3 is 6.18 Å². The molecule has 218 valence electrons. The number of rotatable bonds is 7. The second-order valence-corrected chi connectivity index (χ2v) is 11.7. The predicted molar refractivity (Wildman–Crippen MR) is 145 cm³/mol. The third kappa shape index (κ3) is 7.76. The topological polar surface area (TPSA) is 101 Å². The number of nitrogens with one attached hydrogen (secondary N) is 1. The number of pyridine rings is 1. The summed E-state index contributed by atoms with van der Waals surface area (Å²) in [5.74, 6) is 0.704. The van der Waals surface area contributed by atoms with Crippen molar-refractivity contribution in [3.63, 3.8) is 0 Å². The Balaban J connectivity index is 1.28. The van der Waals surface area contributed by atoms with Crippen molar-refractivity contribution in [2.24, 2.45) is 5.41 Å². The average Bonchev–Trinajstić information content (AvgIpc) is 2.88. The molecule has 2 aliphatic rings. The standard InChI is InChI=1S/C28H36F3N5O4/c1-27(2,3)18-26(37)35-14-12-34(13-15-35)21-10-11-32-25(17-21)40-22-7-4-19(5-8-22)33-20-6-9-24(36(38)39)23(16-20)28(29,30)31/h6,9-11,16-17,19,22,33H,4-5,7-8,12-15,18H2,1-3H3. The monoisotopic (exact) mass is 563 g/mol. The fourth-order valence-electron chi connectivity index (χ4n) is 5.18. The van der Waals surface area contributed by atoms with Crippen molar-refractivity contribution in [1.29, 1.82) is 0 Å². The van der Waals surface area contributed by atoms with E-state index in [1.54, 1.807) is 6.20 Å². The molecule has 4 rings (SSSR count). The van der Waals surface area contributed by atoms with Crippen LogP contribution in [0.2, 0.25) is 0 Å². The number of nitro groups is 1. The molecule has 0 radical (unpaired) electrons. The highest BCUT2D eigenvalue weighted by Gasteiger charge is 2.38. The summed E-state index contributed by atoms with van der Waals surface area (Å²) in [4.78, 5) is 31.0. The number of hydrogen-bond donors (Lipinski definition) is 1. The molecule has 1 saturated carbocycles. The minimum absolute atomic E-state index is 0.0396. The van der Waals surface area contributed by atoms with Gasteiger partial charge in [0, 0.05) is 68.3 Å². The zero-order valence-corrected chi connectivity index (χ0v) is 23.0. The van der Waals surface area contributed by atoms with Gasteiger partial charge in [-0.15, -0.1) is 0 Å². The molecule has 0 atom stereocenters. The van der Waals surface area contributed by atoms with Gasteiger partial charge in [0.2, 0.25) is 11.8 Å². The van der Waals surface area contributed by atoms with Gasteiger partial charge in [-0.05, 0) is 49.3 Å². The number of alkyl halides is 3. The number of benzene rings is 1. The molecule has 0 spiro atoms. The lowest BCUT2D eigenvalue weighted by atomic mass is 9.91. The number of anilines is 2. The number of carbonyl (C=O) groups excluding carboxylic acids is 1. The van der Waals surface area contributed by atoms with Crippen LogP contribution in [0.1, 0.15) is 58.4 Å². The van der Waals surface area contributed by atoms with Crippen LogP contribution in [-0.2, 0) is 11.0 Å². The van der Waals surface area contributed by atoms with Crippen LogP contribution in [0.3, 0.4) is 0 Å². The normalized spacial score (nSPS) is 20.2. The van der Waals surface area contributed by atoms with Crippen LogP contribution in [0.25, 0.3) is 0 Å². The van der Waals surface area contributed by atoms with Crippen molar-refractivity contribution in [2.75, 3.05) is 36.4 Å². The molecule has 1 aliphatic carbocycles. The number of aromatic nitrogens is 1. The Labute approximate surface area is 231 Å². The van der Waals surface area contributed by atoms with Crippen LogP contribution in [0.5, 0.6) is 5.88 Å². The van der Waals surface area contributed by atoms with Crippen molar-refractivity contribution in [1.82, 2.24) is 9.88 Å². The van der Waals surface area contributed by atoms with Crippen LogP contribution in [0.15, 0.2) is 36.5 Å². The van der Waals surface area contributed by atoms with E-state index >= 15 is 0 Å². The molecule has 2 heterocycles. The van der Waals surface area contributed by atoms with E-state index in [1.165, 1.54) is 6.07 Å². The summed E-state index contributed by atoms with van der Waals surface area (Å²) >= 11 is 0. The number of hydrogen-bond acceptors (Lipinski definition) is 7. The van der Waals surface area contributed by atoms with E-state index in [9.17, 15) is 28.1 Å². The Bertz CT molecular complexity index is 1200. The third-order valence-electron chi connectivity index (χ3n) is 7.23. The fourth-order valence-corrected chi connectivity index (χ4v) is 5.18. The molecule has 1 aromatic heterocycles. The van der Waals surface area contributed by atoms with Crippen LogP contribution in [0.4, 0.5) is 30.2 Å². The average molecular weight is 564 g/mol. The third-order valence-corrected chi connectivity index (χ3v) is 7.23. The summed E-state index contributed by atoms with van der Waals surface area (Å²) < 4.78 is 46.1. The van der Waals surface area contributed by atoms with Crippen LogP contribution in [-0.4, -0.2) is 59.0 Å². The first kappa shape index (κ1) is 29.4. The number of amides is 1. The highest BCUT2D eigenvalue weighted by Crippen LogP contribution is 2.38. The van der Waals surface area contributed by atoms with E-state index in [4.69, 9.17) is 4.74 Å². The minimum Gasteiger partial charge on any atom is -0.474 e. The number of halogens is 3. The van der Waals surface area contributed by atoms with E-state index in [2.05, 4.69) is 36.0 Å². The van der Waals surface area contributed by atoms with E-state index in [1.807, 2.05) is 17.0 Å². The van der Waals surface area contributed by atoms with Gasteiger partial charge in [-0.1, -0.05) is 20.8 Å². The number of piperazine rings is 1. The second kappa shape index (κ2) is 11.9. The van der Waals surface area contributed by atoms with Gasteiger partial charge < -0.3 is 19.9 Å². The Morgan fingerprint density at radius 1 is 1.07 bits per heavy atom. The summed E-state index contributed by atoms with van der Waals surface area (Å²) in [6, 6.07) is 6.77. The van der Waals surface area contributed by atoms with E-state index in [0.29, 0.717) is 51.1 Å². The van der Waals surface area contributed by atoms with Crippen molar-refractivity contribution in [3.8, 4) is 5.88 Å². The summed E-state index contributed by atoms with van der Waals surface area (Å²) in [5.41, 5.74) is -1.06. The smallest absolute Gasteiger partial charge is 0.423 e. The minimum atomic E-state index is -4.82. The van der Waals surface area contributed by atoms with Gasteiger partial charge in [0.25, 0.3) is 5.69 Å². The Morgan fingerprint density at radius 3 is 2.35 bits per heavy atom. The second-order valence-electron chi connectivity index (χ2n) is 11.7. The fraction of sp³-hybridized carbons (Fsp3) is 0.571. The van der Waals surface area contributed by atoms with Gasteiger partial charge in [0.15, 0.2) is 0 Å². The maximum Gasteiger partial charge on any atom is 0.423 e. The highest BCUT2D eigenvalue weighted by molar-refractivity contribution is 5.77. The highest BCUT2D eigenvalue weighted by atomic mass is 19.4. The molecule has 1 aliphatic heterocycles. The molecule has 1 amide bonds. The Kier molecular flexibility index (Phi) is 8.74. The molecule has 40 heavy (non-hydrogen) atoms. The number of nitrogens with zero attached hydrogens (tertiary/aromatic N) is 4. The molecule has 0 unspecified atom stereocenters. The first-order valence-electron chi connectivity index (χ1n) is 13.6. The maximum absolute atomic E-state index is 13.3. The predicted octanol–water partition coefficient (Wildman–Crippen LogP) is 5.90. The lowest BCUT2D eigenvalue weighted by molar-refractivity contribution is -0.388. The SMILES string of the molecule is CC(C)(C)CC(=O)N1CCN(c2ccnc(OC3CCC(Nc4ccc([N+](=O)[O-])c(C(F)(F)F)c4)CC3)c2)CC1. The van der Waals surface area contributed by atoms with Crippen molar-refractivity contribution >= 4 is 23.0 Å². The molecule has 1 N–H and O–H groups in total. The maximum atomic E-state index is 13.3. The number of carbonyl (C=O) groups is 1. The zero-order valence-electron chi connectivity index (χ0n) is 23.0. The lowest BCUT2D eigenvalue weighted by Crippen LogP contribution is -2.49. The van der Waals surface area contributed by atoms with Crippen molar-refractivity contribution in [2.45, 2.75) is 71.2 Å². The van der Waals surface area contributed by atoms with Crippen molar-refractivity contribution in [3.05, 3.63) is 52.2 Å². The molecule has 0 bridgehead atoms. The van der Waals surface area contributed by atoms with Crippen molar-refractivity contribution < 1.29 is 27.6 Å². The quantitative estimate of drug-likeness (QED) is 0.331. The van der Waals surface area contributed by atoms with E-state index in [0.717, 1.165) is 30.9 Å². The van der Waals surface area contributed by atoms with Crippen LogP contribution in [0, 0.1) is 15.5 Å².